The number of benzene rings is 2. The van der Waals surface area contributed by atoms with Crippen LogP contribution in [0.1, 0.15) is 5.56 Å². The third-order valence-corrected chi connectivity index (χ3v) is 5.93. The van der Waals surface area contributed by atoms with E-state index >= 15 is 4.39 Å². The molecule has 3 aromatic rings. The Morgan fingerprint density at radius 3 is 2.71 bits per heavy atom. The Morgan fingerprint density at radius 1 is 1.18 bits per heavy atom. The number of hydrogen-bond donors (Lipinski definition) is 2. The van der Waals surface area contributed by atoms with E-state index in [1.165, 1.54) is 61.7 Å². The Balaban J connectivity index is 1.56. The lowest BCUT2D eigenvalue weighted by Gasteiger charge is -2.36. The molecule has 2 heterocycles. The van der Waals surface area contributed by atoms with Gasteiger partial charge in [-0.05, 0) is 36.4 Å². The van der Waals surface area contributed by atoms with E-state index in [1.807, 2.05) is 4.72 Å². The molecule has 0 aliphatic carbocycles. The van der Waals surface area contributed by atoms with Gasteiger partial charge in [-0.25, -0.2) is 28.3 Å². The van der Waals surface area contributed by atoms with Crippen molar-refractivity contribution in [3.05, 3.63) is 71.9 Å². The highest BCUT2D eigenvalue weighted by Crippen LogP contribution is 2.34. The highest BCUT2D eigenvalue weighted by Gasteiger charge is 2.30. The molecule has 178 valence electrons. The lowest BCUT2D eigenvalue weighted by Crippen LogP contribution is -2.48. The molecule has 0 spiro atoms. The predicted octanol–water partition coefficient (Wildman–Crippen LogP) is 3.39. The van der Waals surface area contributed by atoms with Gasteiger partial charge in [0, 0.05) is 31.9 Å². The number of rotatable bonds is 7. The number of fused-ring (bicyclic) bond motifs is 1. The van der Waals surface area contributed by atoms with Crippen molar-refractivity contribution in [1.82, 2.24) is 14.7 Å². The number of halogens is 2. The topological polar surface area (TPSA) is 113 Å². The molecule has 34 heavy (non-hydrogen) atoms. The normalized spacial score (nSPS) is 13.2. The zero-order valence-corrected chi connectivity index (χ0v) is 18.8. The number of nitrogens with one attached hydrogen (secondary N) is 2. The first-order valence-electron chi connectivity index (χ1n) is 9.82. The van der Waals surface area contributed by atoms with Crippen molar-refractivity contribution < 1.29 is 31.5 Å². The fourth-order valence-corrected chi connectivity index (χ4v) is 3.71. The molecule has 0 fully saturated rings. The van der Waals surface area contributed by atoms with Gasteiger partial charge in [0.2, 0.25) is 0 Å². The summed E-state index contributed by atoms with van der Waals surface area (Å²) in [6, 6.07) is 11.3. The second kappa shape index (κ2) is 9.11. The SMILES string of the molecule is CNS(=O)(=O)Nc1cccc(N(C)N2Cc3ccc(Oc4ncccc4F)cc3OC2=O)c1F. The van der Waals surface area contributed by atoms with Crippen LogP contribution in [0.15, 0.2) is 54.7 Å². The molecule has 1 aliphatic heterocycles. The summed E-state index contributed by atoms with van der Waals surface area (Å²) < 4.78 is 67.2. The van der Waals surface area contributed by atoms with Crippen LogP contribution in [0.5, 0.6) is 17.4 Å². The summed E-state index contributed by atoms with van der Waals surface area (Å²) in [6.45, 7) is 0.0226. The van der Waals surface area contributed by atoms with Crippen LogP contribution < -0.4 is 23.9 Å². The first kappa shape index (κ1) is 23.2. The number of aromatic nitrogens is 1. The molecule has 0 saturated heterocycles. The number of amides is 1. The Kier molecular flexibility index (Phi) is 6.22. The molecule has 0 unspecified atom stereocenters. The molecule has 0 bridgehead atoms. The number of hydrazine groups is 1. The number of pyridine rings is 1. The number of carbonyl (C=O) groups excluding carboxylic acids is 1. The molecule has 0 atom stereocenters. The number of nitrogens with zero attached hydrogens (tertiary/aromatic N) is 3. The van der Waals surface area contributed by atoms with Crippen LogP contribution in [0.3, 0.4) is 0 Å². The minimum Gasteiger partial charge on any atom is -0.436 e. The maximum Gasteiger partial charge on any atom is 0.434 e. The quantitative estimate of drug-likeness (QED) is 0.521. The first-order chi connectivity index (χ1) is 16.2. The number of hydrogen-bond acceptors (Lipinski definition) is 7. The lowest BCUT2D eigenvalue weighted by molar-refractivity contribution is 0.135. The average molecular weight is 491 g/mol. The van der Waals surface area contributed by atoms with Crippen LogP contribution in [-0.4, -0.2) is 38.6 Å². The molecule has 0 saturated carbocycles. The van der Waals surface area contributed by atoms with Gasteiger partial charge in [-0.15, -0.1) is 0 Å². The van der Waals surface area contributed by atoms with Gasteiger partial charge in [0.05, 0.1) is 17.9 Å². The molecule has 4 rings (SSSR count). The van der Waals surface area contributed by atoms with Crippen LogP contribution in [0, 0.1) is 11.6 Å². The summed E-state index contributed by atoms with van der Waals surface area (Å²) in [5, 5.41) is 2.35. The van der Waals surface area contributed by atoms with Crippen molar-refractivity contribution in [1.29, 1.82) is 0 Å². The maximum atomic E-state index is 15.0. The van der Waals surface area contributed by atoms with Crippen LogP contribution >= 0.6 is 0 Å². The van der Waals surface area contributed by atoms with Crippen molar-refractivity contribution >= 4 is 27.7 Å². The second-order valence-electron chi connectivity index (χ2n) is 7.06. The highest BCUT2D eigenvalue weighted by molar-refractivity contribution is 7.90. The van der Waals surface area contributed by atoms with E-state index in [0.29, 0.717) is 5.56 Å². The van der Waals surface area contributed by atoms with Gasteiger partial charge >= 0.3 is 6.09 Å². The van der Waals surface area contributed by atoms with Gasteiger partial charge in [-0.3, -0.25) is 9.73 Å². The van der Waals surface area contributed by atoms with E-state index in [4.69, 9.17) is 9.47 Å². The van der Waals surface area contributed by atoms with Crippen molar-refractivity contribution in [3.8, 4) is 17.4 Å². The van der Waals surface area contributed by atoms with Crippen molar-refractivity contribution in [2.75, 3.05) is 23.8 Å². The van der Waals surface area contributed by atoms with E-state index in [-0.39, 0.29) is 35.3 Å². The Bertz CT molecular complexity index is 1360. The van der Waals surface area contributed by atoms with Crippen molar-refractivity contribution in [2.24, 2.45) is 0 Å². The number of anilines is 2. The predicted molar refractivity (Wildman–Crippen MR) is 119 cm³/mol. The summed E-state index contributed by atoms with van der Waals surface area (Å²) in [7, 11) is -1.33. The van der Waals surface area contributed by atoms with Gasteiger partial charge in [0.1, 0.15) is 11.5 Å². The molecule has 13 heteroatoms. The minimum atomic E-state index is -3.95. The second-order valence-corrected chi connectivity index (χ2v) is 8.68. The van der Waals surface area contributed by atoms with E-state index in [2.05, 4.69) is 9.71 Å². The third kappa shape index (κ3) is 4.70. The molecule has 10 nitrogen and oxygen atoms in total. The zero-order valence-electron chi connectivity index (χ0n) is 18.0. The summed E-state index contributed by atoms with van der Waals surface area (Å²) in [4.78, 5) is 16.5. The fraction of sp³-hybridized carbons (Fsp3) is 0.143. The molecule has 1 amide bonds. The zero-order chi connectivity index (χ0) is 24.5. The lowest BCUT2D eigenvalue weighted by atomic mass is 10.1. The van der Waals surface area contributed by atoms with E-state index in [1.54, 1.807) is 12.1 Å². The molecular formula is C21H19F2N5O5S. The molecule has 2 N–H and O–H groups in total. The van der Waals surface area contributed by atoms with Crippen LogP contribution in [0.25, 0.3) is 0 Å². The van der Waals surface area contributed by atoms with Crippen molar-refractivity contribution in [2.45, 2.75) is 6.54 Å². The third-order valence-electron chi connectivity index (χ3n) is 4.91. The molecular weight excluding hydrogens is 472 g/mol. The summed E-state index contributed by atoms with van der Waals surface area (Å²) in [5.74, 6) is -1.36. The van der Waals surface area contributed by atoms with Crippen molar-refractivity contribution in [3.63, 3.8) is 0 Å². The smallest absolute Gasteiger partial charge is 0.434 e. The van der Waals surface area contributed by atoms with E-state index < -0.39 is 27.9 Å². The largest absolute Gasteiger partial charge is 0.436 e. The number of carbonyl (C=O) groups is 1. The summed E-state index contributed by atoms with van der Waals surface area (Å²) in [6.07, 6.45) is 0.569. The van der Waals surface area contributed by atoms with Crippen LogP contribution in [-0.2, 0) is 16.8 Å². The minimum absolute atomic E-state index is 0.0226. The molecule has 1 aliphatic rings. The first-order valence-corrected chi connectivity index (χ1v) is 11.3. The maximum absolute atomic E-state index is 15.0. The fourth-order valence-electron chi connectivity index (χ4n) is 3.16. The van der Waals surface area contributed by atoms with E-state index in [0.717, 1.165) is 5.01 Å². The molecule has 0 radical (unpaired) electrons. The average Bonchev–Trinajstić information content (AvgIpc) is 2.81. The standard InChI is InChI=1S/C21H19F2N5O5S/c1-24-34(30,31)26-16-6-3-7-17(19(16)23)27(2)28-12-13-8-9-14(11-18(13)33-21(28)29)32-20-15(22)5-4-10-25-20/h3-11,24,26H,12H2,1-2H3. The Morgan fingerprint density at radius 2 is 1.97 bits per heavy atom. The van der Waals surface area contributed by atoms with Gasteiger partial charge in [-0.1, -0.05) is 6.07 Å². The van der Waals surface area contributed by atoms with Gasteiger partial charge in [-0.2, -0.15) is 8.42 Å². The van der Waals surface area contributed by atoms with Gasteiger partial charge in [0.15, 0.2) is 11.6 Å². The van der Waals surface area contributed by atoms with Crippen LogP contribution in [0.2, 0.25) is 0 Å². The van der Waals surface area contributed by atoms with Crippen LogP contribution in [0.4, 0.5) is 25.0 Å². The Labute approximate surface area is 193 Å². The van der Waals surface area contributed by atoms with E-state index in [9.17, 15) is 17.6 Å². The molecule has 2 aromatic carbocycles. The number of ether oxygens (including phenoxy) is 2. The molecule has 1 aromatic heterocycles. The summed E-state index contributed by atoms with van der Waals surface area (Å²) >= 11 is 0. The monoisotopic (exact) mass is 491 g/mol. The Hall–Kier alpha value is -3.97. The summed E-state index contributed by atoms with van der Waals surface area (Å²) in [5.41, 5.74) is 0.211. The van der Waals surface area contributed by atoms with Gasteiger partial charge in [0.25, 0.3) is 16.1 Å². The highest BCUT2D eigenvalue weighted by atomic mass is 32.2. The van der Waals surface area contributed by atoms with Gasteiger partial charge < -0.3 is 9.47 Å².